The van der Waals surface area contributed by atoms with Crippen LogP contribution < -0.4 is 11.1 Å². The third kappa shape index (κ3) is 3.38. The molecule has 10 nitrogen and oxygen atoms in total. The minimum atomic E-state index is -1.18. The predicted molar refractivity (Wildman–Crippen MR) is 123 cm³/mol. The van der Waals surface area contributed by atoms with Crippen molar-refractivity contribution < 1.29 is 24.3 Å². The van der Waals surface area contributed by atoms with Crippen LogP contribution in [0.25, 0.3) is 5.57 Å². The summed E-state index contributed by atoms with van der Waals surface area (Å²) in [5.74, 6) is -2.35. The number of rotatable bonds is 6. The summed E-state index contributed by atoms with van der Waals surface area (Å²) in [4.78, 5) is 47.8. The molecule has 1 fully saturated rings. The maximum Gasteiger partial charge on any atom is 0.352 e. The van der Waals surface area contributed by atoms with Crippen molar-refractivity contribution in [2.45, 2.75) is 16.7 Å². The monoisotopic (exact) mass is 483 g/mol. The fourth-order valence-corrected chi connectivity index (χ4v) is 6.15. The smallest absolute Gasteiger partial charge is 0.352 e. The lowest BCUT2D eigenvalue weighted by Gasteiger charge is -2.53. The number of oxime groups is 1. The summed E-state index contributed by atoms with van der Waals surface area (Å²) in [5.41, 5.74) is 8.27. The lowest BCUT2D eigenvalue weighted by atomic mass is 9.84. The van der Waals surface area contributed by atoms with Crippen LogP contribution in [0.3, 0.4) is 0 Å². The Bertz CT molecular complexity index is 1270. The number of hydrogen-bond acceptors (Lipinski definition) is 9. The third-order valence-electron chi connectivity index (χ3n) is 5.47. The van der Waals surface area contributed by atoms with Gasteiger partial charge in [0.05, 0.1) is 5.25 Å². The van der Waals surface area contributed by atoms with Gasteiger partial charge in [0, 0.05) is 11.0 Å². The summed E-state index contributed by atoms with van der Waals surface area (Å²) in [6.45, 7) is 0. The molecule has 1 saturated heterocycles. The lowest BCUT2D eigenvalue weighted by molar-refractivity contribution is -0.150. The van der Waals surface area contributed by atoms with Gasteiger partial charge in [0.1, 0.15) is 29.9 Å². The number of allylic oxidation sites excluding steroid dienone is 1. The van der Waals surface area contributed by atoms with Crippen molar-refractivity contribution in [3.63, 3.8) is 0 Å². The van der Waals surface area contributed by atoms with Gasteiger partial charge in [0.2, 0.25) is 0 Å². The van der Waals surface area contributed by atoms with E-state index in [4.69, 9.17) is 10.6 Å². The van der Waals surface area contributed by atoms with Gasteiger partial charge < -0.3 is 21.0 Å². The number of carboxylic acid groups (broad SMARTS) is 1. The van der Waals surface area contributed by atoms with Crippen molar-refractivity contribution in [2.24, 2.45) is 5.16 Å². The van der Waals surface area contributed by atoms with E-state index in [1.165, 1.54) is 23.8 Å². The second kappa shape index (κ2) is 8.05. The molecule has 5 rings (SSSR count). The molecule has 0 unspecified atom stereocenters. The zero-order valence-corrected chi connectivity index (χ0v) is 18.7. The molecule has 4 N–H and O–H groups in total. The Kier molecular flexibility index (Phi) is 5.17. The van der Waals surface area contributed by atoms with Crippen molar-refractivity contribution in [3.05, 3.63) is 64.3 Å². The number of carbonyl (C=O) groups is 3. The molecule has 3 atom stereocenters. The zero-order chi connectivity index (χ0) is 23.3. The first-order chi connectivity index (χ1) is 15.9. The number of thiazole rings is 1. The molecule has 3 aliphatic rings. The minimum absolute atomic E-state index is 0.0445. The van der Waals surface area contributed by atoms with Crippen molar-refractivity contribution >= 4 is 57.3 Å². The molecule has 0 spiro atoms. The second-order valence-corrected chi connectivity index (χ2v) is 9.45. The number of nitrogens with two attached hydrogens (primary N) is 1. The Hall–Kier alpha value is -3.64. The van der Waals surface area contributed by atoms with Crippen LogP contribution in [-0.4, -0.2) is 62.3 Å². The maximum absolute atomic E-state index is 12.9. The van der Waals surface area contributed by atoms with Gasteiger partial charge in [-0.15, -0.1) is 23.1 Å². The quantitative estimate of drug-likeness (QED) is 0.316. The number of nitrogen functional groups attached to an aromatic ring is 1. The molecule has 0 radical (unpaired) electrons. The largest absolute Gasteiger partial charge is 0.477 e. The van der Waals surface area contributed by atoms with E-state index in [1.54, 1.807) is 5.38 Å². The number of nitrogens with zero attached hydrogens (tertiary/aromatic N) is 3. The van der Waals surface area contributed by atoms with Gasteiger partial charge in [0.15, 0.2) is 10.8 Å². The normalized spacial score (nSPS) is 23.6. The molecule has 0 saturated carbocycles. The lowest BCUT2D eigenvalue weighted by Crippen LogP contribution is -2.72. The van der Waals surface area contributed by atoms with Crippen LogP contribution in [-0.2, 0) is 19.2 Å². The average molecular weight is 484 g/mol. The third-order valence-corrected chi connectivity index (χ3v) is 7.68. The van der Waals surface area contributed by atoms with E-state index >= 15 is 0 Å². The van der Waals surface area contributed by atoms with E-state index in [9.17, 15) is 19.5 Å². The summed E-state index contributed by atoms with van der Waals surface area (Å²) < 4.78 is 0. The number of benzene rings is 1. The van der Waals surface area contributed by atoms with Gasteiger partial charge in [-0.25, -0.2) is 9.78 Å². The van der Waals surface area contributed by atoms with E-state index in [0.717, 1.165) is 22.5 Å². The molecule has 1 aromatic heterocycles. The number of anilines is 1. The van der Waals surface area contributed by atoms with Crippen LogP contribution >= 0.6 is 23.1 Å². The summed E-state index contributed by atoms with van der Waals surface area (Å²) in [7, 11) is 1.29. The standard InChI is InChI=1S/C21H17N5O5S2/c1-31-25-13(12-8-32-21(22)23-12)17(27)24-14-18(28)26-15(20(29)30)11-7-10(16(11)33-19(14)26)9-5-3-2-4-6-9/h2-8,14,16,19H,1H3,(H2,22,23)(H,24,27)(H,29,30)/t14-,16+,19-/m1/s1. The van der Waals surface area contributed by atoms with Crippen LogP contribution in [0.15, 0.2) is 58.2 Å². The number of hydrogen-bond donors (Lipinski definition) is 3. The number of amides is 2. The van der Waals surface area contributed by atoms with E-state index in [-0.39, 0.29) is 27.5 Å². The highest BCUT2D eigenvalue weighted by Gasteiger charge is 2.58. The van der Waals surface area contributed by atoms with Gasteiger partial charge >= 0.3 is 5.97 Å². The van der Waals surface area contributed by atoms with Gasteiger partial charge in [-0.3, -0.25) is 14.5 Å². The number of nitrogens with one attached hydrogen (secondary N) is 1. The number of aromatic nitrogens is 1. The first-order valence-corrected chi connectivity index (χ1v) is 11.6. The number of carbonyl (C=O) groups excluding carboxylic acids is 2. The molecular formula is C21H17N5O5S2. The Morgan fingerprint density at radius 1 is 1.30 bits per heavy atom. The second-order valence-electron chi connectivity index (χ2n) is 7.33. The molecule has 2 amide bonds. The molecule has 2 aromatic rings. The molecule has 33 heavy (non-hydrogen) atoms. The summed E-state index contributed by atoms with van der Waals surface area (Å²) >= 11 is 2.57. The van der Waals surface area contributed by atoms with E-state index in [2.05, 4.69) is 15.5 Å². The van der Waals surface area contributed by atoms with Crippen molar-refractivity contribution in [1.82, 2.24) is 15.2 Å². The van der Waals surface area contributed by atoms with Gasteiger partial charge in [-0.1, -0.05) is 35.5 Å². The molecule has 1 aromatic carbocycles. The Labute approximate surface area is 195 Å². The summed E-state index contributed by atoms with van der Waals surface area (Å²) in [5, 5.41) is 17.2. The summed E-state index contributed by atoms with van der Waals surface area (Å²) in [6.07, 6.45) is 1.81. The Balaban J connectivity index is 1.41. The van der Waals surface area contributed by atoms with Gasteiger partial charge in [0.25, 0.3) is 11.8 Å². The number of aliphatic carboxylic acids is 1. The average Bonchev–Trinajstić information content (AvgIpc) is 3.22. The minimum Gasteiger partial charge on any atom is -0.477 e. The highest BCUT2D eigenvalue weighted by Crippen LogP contribution is 2.53. The highest BCUT2D eigenvalue weighted by atomic mass is 32.2. The summed E-state index contributed by atoms with van der Waals surface area (Å²) in [6, 6.07) is 8.71. The topological polar surface area (TPSA) is 147 Å². The highest BCUT2D eigenvalue weighted by molar-refractivity contribution is 8.01. The van der Waals surface area contributed by atoms with E-state index < -0.39 is 29.2 Å². The van der Waals surface area contributed by atoms with Crippen molar-refractivity contribution in [2.75, 3.05) is 12.8 Å². The van der Waals surface area contributed by atoms with Crippen LogP contribution in [0, 0.1) is 0 Å². The Morgan fingerprint density at radius 3 is 2.70 bits per heavy atom. The maximum atomic E-state index is 12.9. The Morgan fingerprint density at radius 2 is 2.06 bits per heavy atom. The molecule has 12 heteroatoms. The van der Waals surface area contributed by atoms with E-state index in [1.807, 2.05) is 36.4 Å². The molecule has 3 heterocycles. The SMILES string of the molecule is CON=C(C(=O)N[C@@H]1C(=O)N2C(C(=O)O)=C3C=C(c4ccccc4)[C@@H]3S[C@H]12)c1csc(N)n1. The fraction of sp³-hybridized carbons (Fsp3) is 0.190. The van der Waals surface area contributed by atoms with Crippen molar-refractivity contribution in [1.29, 1.82) is 0 Å². The van der Waals surface area contributed by atoms with E-state index in [0.29, 0.717) is 5.57 Å². The zero-order valence-electron chi connectivity index (χ0n) is 17.1. The molecular weight excluding hydrogens is 466 g/mol. The number of thioether (sulfide) groups is 1. The number of fused-ring (bicyclic) bond motifs is 2. The molecule has 2 aliphatic heterocycles. The predicted octanol–water partition coefficient (Wildman–Crippen LogP) is 1.28. The van der Waals surface area contributed by atoms with Gasteiger partial charge in [-0.05, 0) is 17.2 Å². The molecule has 1 aliphatic carbocycles. The van der Waals surface area contributed by atoms with Crippen LogP contribution in [0.1, 0.15) is 11.3 Å². The number of carboxylic acids is 1. The van der Waals surface area contributed by atoms with Crippen LogP contribution in [0.4, 0.5) is 5.13 Å². The van der Waals surface area contributed by atoms with Crippen LogP contribution in [0.2, 0.25) is 0 Å². The van der Waals surface area contributed by atoms with Crippen LogP contribution in [0.5, 0.6) is 0 Å². The van der Waals surface area contributed by atoms with Crippen molar-refractivity contribution in [3.8, 4) is 0 Å². The first kappa shape index (κ1) is 21.2. The number of β-lactam (4-membered cyclic amide) rings is 1. The van der Waals surface area contributed by atoms with Gasteiger partial charge in [-0.2, -0.15) is 0 Å². The first-order valence-electron chi connectivity index (χ1n) is 9.77. The molecule has 168 valence electrons. The fourth-order valence-electron chi connectivity index (χ4n) is 3.98. The molecule has 0 bridgehead atoms.